The highest BCUT2D eigenvalue weighted by molar-refractivity contribution is 5.33. The second kappa shape index (κ2) is 6.82. The molecule has 0 saturated carbocycles. The molecule has 0 spiro atoms. The fourth-order valence-electron chi connectivity index (χ4n) is 2.05. The molecule has 2 aromatic rings. The monoisotopic (exact) mass is 242 g/mol. The molecule has 18 heavy (non-hydrogen) atoms. The number of ether oxygens (including phenoxy) is 1. The Hall–Kier alpha value is -1.80. The number of nitrogens with two attached hydrogens (primary N) is 1. The summed E-state index contributed by atoms with van der Waals surface area (Å²) >= 11 is 0. The lowest BCUT2D eigenvalue weighted by Crippen LogP contribution is -2.83. The van der Waals surface area contributed by atoms with Gasteiger partial charge in [-0.3, -0.25) is 0 Å². The fourth-order valence-corrected chi connectivity index (χ4v) is 2.05. The summed E-state index contributed by atoms with van der Waals surface area (Å²) in [6.07, 6.45) is 1.04. The summed E-state index contributed by atoms with van der Waals surface area (Å²) in [5.41, 5.74) is 2.65. The van der Waals surface area contributed by atoms with Crippen LogP contribution in [0.3, 0.4) is 0 Å². The predicted molar refractivity (Wildman–Crippen MR) is 73.6 cm³/mol. The maximum atomic E-state index is 5.35. The van der Waals surface area contributed by atoms with Crippen LogP contribution >= 0.6 is 0 Å². The van der Waals surface area contributed by atoms with Crippen LogP contribution in [0.15, 0.2) is 54.6 Å². The van der Waals surface area contributed by atoms with Gasteiger partial charge >= 0.3 is 0 Å². The molecular formula is C16H20NO+. The lowest BCUT2D eigenvalue weighted by atomic mass is 10.1. The number of para-hydroxylation sites is 1. The SMILES string of the molecule is COc1ccccc1CC[NH2+]Cc1ccccc1. The summed E-state index contributed by atoms with van der Waals surface area (Å²) in [5.74, 6) is 0.991. The zero-order valence-corrected chi connectivity index (χ0v) is 10.8. The van der Waals surface area contributed by atoms with E-state index >= 15 is 0 Å². The second-order valence-electron chi connectivity index (χ2n) is 4.33. The van der Waals surface area contributed by atoms with Crippen molar-refractivity contribution in [3.05, 3.63) is 65.7 Å². The van der Waals surface area contributed by atoms with Crippen molar-refractivity contribution in [1.82, 2.24) is 0 Å². The summed E-state index contributed by atoms with van der Waals surface area (Å²) < 4.78 is 5.35. The van der Waals surface area contributed by atoms with Crippen LogP contribution in [0.5, 0.6) is 5.75 Å². The molecule has 0 amide bonds. The molecule has 0 aliphatic heterocycles. The van der Waals surface area contributed by atoms with Crippen LogP contribution in [0.1, 0.15) is 11.1 Å². The molecule has 0 atom stereocenters. The third-order valence-electron chi connectivity index (χ3n) is 3.03. The average molecular weight is 242 g/mol. The molecule has 2 rings (SSSR count). The van der Waals surface area contributed by atoms with Gasteiger partial charge in [0.1, 0.15) is 12.3 Å². The summed E-state index contributed by atoms with van der Waals surface area (Å²) in [6, 6.07) is 18.8. The normalized spacial score (nSPS) is 10.3. The van der Waals surface area contributed by atoms with Gasteiger partial charge in [-0.2, -0.15) is 0 Å². The zero-order valence-electron chi connectivity index (χ0n) is 10.8. The minimum absolute atomic E-state index is 0.991. The third-order valence-corrected chi connectivity index (χ3v) is 3.03. The predicted octanol–water partition coefficient (Wildman–Crippen LogP) is 2.00. The van der Waals surface area contributed by atoms with E-state index in [4.69, 9.17) is 4.74 Å². The van der Waals surface area contributed by atoms with E-state index in [1.165, 1.54) is 11.1 Å². The first-order valence-corrected chi connectivity index (χ1v) is 6.37. The van der Waals surface area contributed by atoms with Crippen LogP contribution < -0.4 is 10.1 Å². The Morgan fingerprint density at radius 1 is 0.944 bits per heavy atom. The molecule has 0 bridgehead atoms. The first-order chi connectivity index (χ1) is 8.90. The van der Waals surface area contributed by atoms with Crippen molar-refractivity contribution in [1.29, 1.82) is 0 Å². The van der Waals surface area contributed by atoms with E-state index in [2.05, 4.69) is 47.8 Å². The summed E-state index contributed by atoms with van der Waals surface area (Å²) in [7, 11) is 1.73. The quantitative estimate of drug-likeness (QED) is 0.770. The van der Waals surface area contributed by atoms with Crippen LogP contribution in [0, 0.1) is 0 Å². The smallest absolute Gasteiger partial charge is 0.122 e. The zero-order chi connectivity index (χ0) is 12.6. The van der Waals surface area contributed by atoms with Crippen molar-refractivity contribution in [2.45, 2.75) is 13.0 Å². The van der Waals surface area contributed by atoms with E-state index in [1.807, 2.05) is 12.1 Å². The highest BCUT2D eigenvalue weighted by Gasteiger charge is 2.02. The number of benzene rings is 2. The highest BCUT2D eigenvalue weighted by Crippen LogP contribution is 2.16. The molecule has 2 nitrogen and oxygen atoms in total. The molecule has 0 fully saturated rings. The van der Waals surface area contributed by atoms with Crippen LogP contribution in [0.25, 0.3) is 0 Å². The van der Waals surface area contributed by atoms with Gasteiger partial charge in [0.2, 0.25) is 0 Å². The van der Waals surface area contributed by atoms with Gasteiger partial charge in [-0.1, -0.05) is 48.5 Å². The number of hydrogen-bond donors (Lipinski definition) is 1. The Bertz CT molecular complexity index is 468. The molecule has 0 aliphatic carbocycles. The molecule has 0 saturated heterocycles. The minimum Gasteiger partial charge on any atom is -0.496 e. The lowest BCUT2D eigenvalue weighted by Gasteiger charge is -2.07. The van der Waals surface area contributed by atoms with Gasteiger partial charge in [0.25, 0.3) is 0 Å². The third kappa shape index (κ3) is 3.60. The van der Waals surface area contributed by atoms with Gasteiger partial charge in [-0.05, 0) is 11.6 Å². The second-order valence-corrected chi connectivity index (χ2v) is 4.33. The maximum absolute atomic E-state index is 5.35. The van der Waals surface area contributed by atoms with Crippen molar-refractivity contribution in [3.8, 4) is 5.75 Å². The lowest BCUT2D eigenvalue weighted by molar-refractivity contribution is -0.670. The van der Waals surface area contributed by atoms with Gasteiger partial charge in [0.15, 0.2) is 0 Å². The Labute approximate surface area is 109 Å². The molecule has 0 heterocycles. The van der Waals surface area contributed by atoms with E-state index in [-0.39, 0.29) is 0 Å². The van der Waals surface area contributed by atoms with Crippen LogP contribution in [0.2, 0.25) is 0 Å². The topological polar surface area (TPSA) is 25.8 Å². The van der Waals surface area contributed by atoms with Crippen molar-refractivity contribution in [2.24, 2.45) is 0 Å². The number of rotatable bonds is 6. The molecule has 94 valence electrons. The van der Waals surface area contributed by atoms with Crippen molar-refractivity contribution in [3.63, 3.8) is 0 Å². The van der Waals surface area contributed by atoms with Gasteiger partial charge in [0.05, 0.1) is 13.7 Å². The largest absolute Gasteiger partial charge is 0.496 e. The number of quaternary nitrogens is 1. The van der Waals surface area contributed by atoms with Gasteiger partial charge in [0, 0.05) is 12.0 Å². The molecule has 2 aromatic carbocycles. The van der Waals surface area contributed by atoms with Gasteiger partial charge in [-0.25, -0.2) is 0 Å². The molecule has 0 radical (unpaired) electrons. The number of hydrogen-bond acceptors (Lipinski definition) is 1. The molecular weight excluding hydrogens is 222 g/mol. The maximum Gasteiger partial charge on any atom is 0.122 e. The van der Waals surface area contributed by atoms with E-state index in [1.54, 1.807) is 7.11 Å². The highest BCUT2D eigenvalue weighted by atomic mass is 16.5. The van der Waals surface area contributed by atoms with Crippen molar-refractivity contribution in [2.75, 3.05) is 13.7 Å². The van der Waals surface area contributed by atoms with E-state index in [9.17, 15) is 0 Å². The summed E-state index contributed by atoms with van der Waals surface area (Å²) in [4.78, 5) is 0. The fraction of sp³-hybridized carbons (Fsp3) is 0.250. The minimum atomic E-state index is 0.991. The van der Waals surface area contributed by atoms with Crippen molar-refractivity contribution >= 4 is 0 Å². The first kappa shape index (κ1) is 12.7. The van der Waals surface area contributed by atoms with E-state index in [0.29, 0.717) is 0 Å². The molecule has 0 aliphatic rings. The molecule has 0 unspecified atom stereocenters. The van der Waals surface area contributed by atoms with Crippen molar-refractivity contribution < 1.29 is 10.1 Å². The molecule has 2 heteroatoms. The number of methoxy groups -OCH3 is 1. The first-order valence-electron chi connectivity index (χ1n) is 6.37. The Balaban J connectivity index is 1.78. The van der Waals surface area contributed by atoms with Crippen LogP contribution in [0.4, 0.5) is 0 Å². The summed E-state index contributed by atoms with van der Waals surface area (Å²) in [5, 5.41) is 2.34. The molecule has 2 N–H and O–H groups in total. The summed E-state index contributed by atoms with van der Waals surface area (Å²) in [6.45, 7) is 2.12. The average Bonchev–Trinajstić information content (AvgIpc) is 2.45. The Morgan fingerprint density at radius 2 is 1.67 bits per heavy atom. The Morgan fingerprint density at radius 3 is 2.44 bits per heavy atom. The van der Waals surface area contributed by atoms with Gasteiger partial charge in [-0.15, -0.1) is 0 Å². The Kier molecular flexibility index (Phi) is 4.79. The van der Waals surface area contributed by atoms with E-state index < -0.39 is 0 Å². The van der Waals surface area contributed by atoms with E-state index in [0.717, 1.165) is 25.3 Å². The molecule has 0 aromatic heterocycles. The van der Waals surface area contributed by atoms with Crippen LogP contribution in [-0.2, 0) is 13.0 Å². The standard InChI is InChI=1S/C16H19NO/c1-18-16-10-6-5-9-15(16)11-12-17-13-14-7-3-2-4-8-14/h2-10,17H,11-13H2,1H3/p+1. The van der Waals surface area contributed by atoms with Crippen LogP contribution in [-0.4, -0.2) is 13.7 Å². The van der Waals surface area contributed by atoms with Gasteiger partial charge < -0.3 is 10.1 Å².